The van der Waals surface area contributed by atoms with Crippen LogP contribution in [-0.2, 0) is 12.0 Å². The predicted octanol–water partition coefficient (Wildman–Crippen LogP) is 3.84. The number of ether oxygens (including phenoxy) is 1. The van der Waals surface area contributed by atoms with Crippen LogP contribution in [0.15, 0.2) is 24.4 Å². The Labute approximate surface area is 130 Å². The lowest BCUT2D eigenvalue weighted by Gasteiger charge is -2.20. The summed E-state index contributed by atoms with van der Waals surface area (Å²) in [7, 11) is 1.63. The maximum Gasteiger partial charge on any atom is 0.138 e. The van der Waals surface area contributed by atoms with E-state index in [1.807, 2.05) is 18.3 Å². The van der Waals surface area contributed by atoms with Crippen LogP contribution in [0.2, 0.25) is 5.02 Å². The number of fused-ring (bicyclic) bond motifs is 3. The van der Waals surface area contributed by atoms with Gasteiger partial charge in [0.25, 0.3) is 0 Å². The van der Waals surface area contributed by atoms with Crippen molar-refractivity contribution in [3.05, 3.63) is 40.5 Å². The highest BCUT2D eigenvalue weighted by Gasteiger charge is 2.38. The second-order valence-electron chi connectivity index (χ2n) is 6.24. The normalized spacial score (nSPS) is 16.5. The van der Waals surface area contributed by atoms with Crippen LogP contribution in [0, 0.1) is 0 Å². The lowest BCUT2D eigenvalue weighted by atomic mass is 9.83. The Balaban J connectivity index is 2.25. The topological polar surface area (TPSA) is 34.4 Å². The van der Waals surface area contributed by atoms with E-state index in [4.69, 9.17) is 16.3 Å². The molecular formula is C17H20ClNO2. The van der Waals surface area contributed by atoms with Crippen molar-refractivity contribution in [3.63, 3.8) is 0 Å². The number of halogens is 1. The van der Waals surface area contributed by atoms with Crippen molar-refractivity contribution < 1.29 is 9.84 Å². The molecule has 0 saturated carbocycles. The first kappa shape index (κ1) is 14.5. The highest BCUT2D eigenvalue weighted by molar-refractivity contribution is 6.32. The number of benzene rings is 1. The molecule has 0 amide bonds. The van der Waals surface area contributed by atoms with Crippen LogP contribution < -0.4 is 4.74 Å². The number of methoxy groups -OCH3 is 1. The second kappa shape index (κ2) is 4.79. The third-order valence-electron chi connectivity index (χ3n) is 4.32. The van der Waals surface area contributed by atoms with Crippen molar-refractivity contribution in [1.82, 2.24) is 4.57 Å². The highest BCUT2D eigenvalue weighted by atomic mass is 35.5. The van der Waals surface area contributed by atoms with E-state index < -0.39 is 0 Å². The van der Waals surface area contributed by atoms with Gasteiger partial charge in [-0.15, -0.1) is 0 Å². The monoisotopic (exact) mass is 305 g/mol. The molecule has 1 unspecified atom stereocenters. The van der Waals surface area contributed by atoms with Crippen LogP contribution in [0.3, 0.4) is 0 Å². The summed E-state index contributed by atoms with van der Waals surface area (Å²) >= 11 is 6.30. The molecule has 0 aliphatic heterocycles. The summed E-state index contributed by atoms with van der Waals surface area (Å²) in [4.78, 5) is 0. The molecular weight excluding hydrogens is 286 g/mol. The number of hydrogen-bond acceptors (Lipinski definition) is 2. The summed E-state index contributed by atoms with van der Waals surface area (Å²) in [6.45, 7) is 6.78. The van der Waals surface area contributed by atoms with E-state index in [0.717, 1.165) is 11.3 Å². The van der Waals surface area contributed by atoms with Crippen molar-refractivity contribution in [2.75, 3.05) is 7.11 Å². The third-order valence-corrected chi connectivity index (χ3v) is 4.61. The summed E-state index contributed by atoms with van der Waals surface area (Å²) in [5, 5.41) is 10.3. The van der Waals surface area contributed by atoms with Gasteiger partial charge in [-0.2, -0.15) is 0 Å². The van der Waals surface area contributed by atoms with Gasteiger partial charge in [-0.1, -0.05) is 25.4 Å². The molecule has 1 heterocycles. The van der Waals surface area contributed by atoms with E-state index in [0.29, 0.717) is 17.3 Å². The summed E-state index contributed by atoms with van der Waals surface area (Å²) in [6.07, 6.45) is 1.66. The minimum absolute atomic E-state index is 0.0927. The first-order chi connectivity index (χ1) is 9.86. The van der Waals surface area contributed by atoms with Gasteiger partial charge in [-0.3, -0.25) is 0 Å². The summed E-state index contributed by atoms with van der Waals surface area (Å²) in [5.41, 5.74) is 4.68. The lowest BCUT2D eigenvalue weighted by Crippen LogP contribution is -2.14. The summed E-state index contributed by atoms with van der Waals surface area (Å²) in [5.74, 6) is 0.684. The SMILES string of the molecule is COc1cc2c(cc1Cl)C(C)(C)c1ccn(CC(C)O)c1-2. The number of rotatable bonds is 3. The van der Waals surface area contributed by atoms with E-state index in [9.17, 15) is 5.11 Å². The molecule has 1 aliphatic rings. The molecule has 0 fully saturated rings. The average molecular weight is 306 g/mol. The first-order valence-electron chi connectivity index (χ1n) is 7.12. The van der Waals surface area contributed by atoms with Gasteiger partial charge in [0.1, 0.15) is 5.75 Å². The number of aliphatic hydroxyl groups excluding tert-OH is 1. The minimum Gasteiger partial charge on any atom is -0.495 e. The Morgan fingerprint density at radius 1 is 1.33 bits per heavy atom. The number of aliphatic hydroxyl groups is 1. The molecule has 4 heteroatoms. The van der Waals surface area contributed by atoms with Crippen LogP contribution in [0.4, 0.5) is 0 Å². The van der Waals surface area contributed by atoms with E-state index in [-0.39, 0.29) is 11.5 Å². The first-order valence-corrected chi connectivity index (χ1v) is 7.50. The van der Waals surface area contributed by atoms with Crippen molar-refractivity contribution in [1.29, 1.82) is 0 Å². The molecule has 1 atom stereocenters. The van der Waals surface area contributed by atoms with E-state index in [2.05, 4.69) is 24.5 Å². The third kappa shape index (κ3) is 2.07. The molecule has 2 aromatic rings. The minimum atomic E-state index is -0.386. The molecule has 0 radical (unpaired) electrons. The maximum atomic E-state index is 9.71. The van der Waals surface area contributed by atoms with Gasteiger partial charge in [0, 0.05) is 23.7 Å². The molecule has 112 valence electrons. The molecule has 3 rings (SSSR count). The molecule has 21 heavy (non-hydrogen) atoms. The molecule has 1 aromatic heterocycles. The summed E-state index contributed by atoms with van der Waals surface area (Å²) < 4.78 is 7.47. The van der Waals surface area contributed by atoms with Crippen LogP contribution in [-0.4, -0.2) is 22.9 Å². The van der Waals surface area contributed by atoms with Crippen molar-refractivity contribution in [2.45, 2.75) is 38.8 Å². The molecule has 1 aliphatic carbocycles. The van der Waals surface area contributed by atoms with Gasteiger partial charge in [0.05, 0.1) is 23.9 Å². The van der Waals surface area contributed by atoms with Crippen LogP contribution in [0.5, 0.6) is 5.75 Å². The average Bonchev–Trinajstić information content (AvgIpc) is 2.89. The van der Waals surface area contributed by atoms with Crippen LogP contribution >= 0.6 is 11.6 Å². The lowest BCUT2D eigenvalue weighted by molar-refractivity contribution is 0.174. The Hall–Kier alpha value is -1.45. The number of nitrogens with zero attached hydrogens (tertiary/aromatic N) is 1. The second-order valence-corrected chi connectivity index (χ2v) is 6.64. The quantitative estimate of drug-likeness (QED) is 0.935. The summed E-state index contributed by atoms with van der Waals surface area (Å²) in [6, 6.07) is 6.14. The van der Waals surface area contributed by atoms with E-state index in [1.165, 1.54) is 11.1 Å². The largest absolute Gasteiger partial charge is 0.495 e. The van der Waals surface area contributed by atoms with Crippen molar-refractivity contribution in [3.8, 4) is 17.0 Å². The van der Waals surface area contributed by atoms with Crippen molar-refractivity contribution >= 4 is 11.6 Å². The zero-order valence-corrected chi connectivity index (χ0v) is 13.5. The zero-order chi connectivity index (χ0) is 15.4. The van der Waals surface area contributed by atoms with Gasteiger partial charge in [0.15, 0.2) is 0 Å². The fraction of sp³-hybridized carbons (Fsp3) is 0.412. The number of hydrogen-bond donors (Lipinski definition) is 1. The standard InChI is InChI=1S/C17H20ClNO2/c1-10(20)9-19-6-5-12-16(19)11-7-15(21-4)14(18)8-13(11)17(12,2)3/h5-8,10,20H,9H2,1-4H3. The fourth-order valence-electron chi connectivity index (χ4n) is 3.28. The Bertz CT molecular complexity index is 701. The Morgan fingerprint density at radius 2 is 2.05 bits per heavy atom. The molecule has 0 bridgehead atoms. The van der Waals surface area contributed by atoms with Gasteiger partial charge in [-0.05, 0) is 36.2 Å². The molecule has 0 saturated heterocycles. The van der Waals surface area contributed by atoms with Gasteiger partial charge in [0.2, 0.25) is 0 Å². The van der Waals surface area contributed by atoms with Crippen LogP contribution in [0.25, 0.3) is 11.3 Å². The maximum absolute atomic E-state index is 9.71. The van der Waals surface area contributed by atoms with E-state index >= 15 is 0 Å². The molecule has 1 aromatic carbocycles. The van der Waals surface area contributed by atoms with E-state index in [1.54, 1.807) is 14.0 Å². The predicted molar refractivity (Wildman–Crippen MR) is 85.2 cm³/mol. The van der Waals surface area contributed by atoms with Crippen LogP contribution in [0.1, 0.15) is 31.9 Å². The molecule has 3 nitrogen and oxygen atoms in total. The number of aromatic nitrogens is 1. The highest BCUT2D eigenvalue weighted by Crippen LogP contribution is 2.51. The Kier molecular flexibility index (Phi) is 3.30. The molecule has 1 N–H and O–H groups in total. The van der Waals surface area contributed by atoms with Gasteiger partial charge >= 0.3 is 0 Å². The van der Waals surface area contributed by atoms with Gasteiger partial charge in [-0.25, -0.2) is 0 Å². The smallest absolute Gasteiger partial charge is 0.138 e. The Morgan fingerprint density at radius 3 is 2.67 bits per heavy atom. The fourth-order valence-corrected chi connectivity index (χ4v) is 3.52. The van der Waals surface area contributed by atoms with Crippen molar-refractivity contribution in [2.24, 2.45) is 0 Å². The molecule has 0 spiro atoms. The van der Waals surface area contributed by atoms with Gasteiger partial charge < -0.3 is 14.4 Å². The zero-order valence-electron chi connectivity index (χ0n) is 12.8.